The van der Waals surface area contributed by atoms with Crippen LogP contribution in [0.2, 0.25) is 5.02 Å². The zero-order valence-corrected chi connectivity index (χ0v) is 10.9. The van der Waals surface area contributed by atoms with Crippen molar-refractivity contribution in [2.45, 2.75) is 0 Å². The number of thiazole rings is 1. The lowest BCUT2D eigenvalue weighted by molar-refractivity contribution is 0.355. The van der Waals surface area contributed by atoms with Gasteiger partial charge in [-0.25, -0.2) is 4.98 Å². The van der Waals surface area contributed by atoms with Crippen LogP contribution in [0.4, 0.5) is 5.82 Å². The van der Waals surface area contributed by atoms with Crippen LogP contribution in [0, 0.1) is 0 Å². The Bertz CT molecular complexity index is 542. The van der Waals surface area contributed by atoms with Gasteiger partial charge in [-0.05, 0) is 12.1 Å². The minimum absolute atomic E-state index is 0.482. The number of aromatic nitrogens is 1. The first-order valence-corrected chi connectivity index (χ1v) is 6.04. The van der Waals surface area contributed by atoms with Gasteiger partial charge in [0, 0.05) is 10.9 Å². The lowest BCUT2D eigenvalue weighted by atomic mass is 10.2. The average Bonchev–Trinajstić information content (AvgIpc) is 2.74. The Morgan fingerprint density at radius 1 is 1.29 bits per heavy atom. The molecule has 0 unspecified atom stereocenters. The summed E-state index contributed by atoms with van der Waals surface area (Å²) in [6.45, 7) is 0. The van der Waals surface area contributed by atoms with Crippen LogP contribution in [0.5, 0.6) is 11.5 Å². The largest absolute Gasteiger partial charge is 0.493 e. The van der Waals surface area contributed by atoms with Crippen molar-refractivity contribution < 1.29 is 9.47 Å². The number of anilines is 1. The number of methoxy groups -OCH3 is 2. The molecule has 2 N–H and O–H groups in total. The number of halogens is 1. The smallest absolute Gasteiger partial charge is 0.179 e. The minimum Gasteiger partial charge on any atom is -0.493 e. The third-order valence-corrected chi connectivity index (χ3v) is 3.39. The highest BCUT2D eigenvalue weighted by Crippen LogP contribution is 2.39. The predicted molar refractivity (Wildman–Crippen MR) is 70.1 cm³/mol. The molecule has 0 radical (unpaired) electrons. The van der Waals surface area contributed by atoms with Crippen LogP contribution in [0.25, 0.3) is 10.6 Å². The van der Waals surface area contributed by atoms with E-state index in [0.717, 1.165) is 10.6 Å². The van der Waals surface area contributed by atoms with E-state index in [1.54, 1.807) is 25.7 Å². The van der Waals surface area contributed by atoms with Gasteiger partial charge in [0.15, 0.2) is 11.5 Å². The number of ether oxygens (including phenoxy) is 2. The number of nitrogens with zero attached hydrogens (tertiary/aromatic N) is 1. The molecule has 4 nitrogen and oxygen atoms in total. The van der Waals surface area contributed by atoms with E-state index in [9.17, 15) is 0 Å². The Morgan fingerprint density at radius 3 is 2.59 bits per heavy atom. The van der Waals surface area contributed by atoms with Crippen molar-refractivity contribution in [2.75, 3.05) is 20.0 Å². The Balaban J connectivity index is 2.53. The molecule has 6 heteroatoms. The van der Waals surface area contributed by atoms with Crippen molar-refractivity contribution in [3.8, 4) is 22.1 Å². The second-order valence-electron chi connectivity index (χ2n) is 3.27. The van der Waals surface area contributed by atoms with Gasteiger partial charge in [-0.2, -0.15) is 0 Å². The van der Waals surface area contributed by atoms with Gasteiger partial charge in [0.1, 0.15) is 10.8 Å². The van der Waals surface area contributed by atoms with Crippen molar-refractivity contribution >= 4 is 28.8 Å². The van der Waals surface area contributed by atoms with Gasteiger partial charge in [0.25, 0.3) is 0 Å². The first kappa shape index (κ1) is 12.0. The molecule has 17 heavy (non-hydrogen) atoms. The normalized spacial score (nSPS) is 10.3. The molecule has 1 aromatic carbocycles. The summed E-state index contributed by atoms with van der Waals surface area (Å²) >= 11 is 7.56. The third-order valence-electron chi connectivity index (χ3n) is 2.20. The van der Waals surface area contributed by atoms with Gasteiger partial charge in [0.05, 0.1) is 19.2 Å². The molecule has 1 aromatic heterocycles. The third kappa shape index (κ3) is 2.30. The van der Waals surface area contributed by atoms with Crippen LogP contribution in [0.3, 0.4) is 0 Å². The van der Waals surface area contributed by atoms with Crippen molar-refractivity contribution in [3.63, 3.8) is 0 Å². The average molecular weight is 271 g/mol. The molecule has 0 aliphatic rings. The molecule has 0 saturated heterocycles. The summed E-state index contributed by atoms with van der Waals surface area (Å²) < 4.78 is 10.4. The number of rotatable bonds is 3. The van der Waals surface area contributed by atoms with E-state index in [4.69, 9.17) is 26.8 Å². The SMILES string of the molecule is COc1cc(-c2nc(N)cs2)cc(Cl)c1OC. The number of hydrogen-bond acceptors (Lipinski definition) is 5. The topological polar surface area (TPSA) is 57.4 Å². The molecule has 0 aliphatic carbocycles. The maximum Gasteiger partial charge on any atom is 0.179 e. The van der Waals surface area contributed by atoms with Crippen LogP contribution in [-0.4, -0.2) is 19.2 Å². The van der Waals surface area contributed by atoms with Gasteiger partial charge in [-0.1, -0.05) is 11.6 Å². The fourth-order valence-corrected chi connectivity index (χ4v) is 2.45. The molecule has 1 heterocycles. The van der Waals surface area contributed by atoms with Crippen molar-refractivity contribution in [2.24, 2.45) is 0 Å². The summed E-state index contributed by atoms with van der Waals surface area (Å²) in [5, 5.41) is 3.06. The van der Waals surface area contributed by atoms with E-state index >= 15 is 0 Å². The molecule has 0 saturated carbocycles. The van der Waals surface area contributed by atoms with Gasteiger partial charge in [-0.3, -0.25) is 0 Å². The van der Waals surface area contributed by atoms with E-state index in [-0.39, 0.29) is 0 Å². The van der Waals surface area contributed by atoms with E-state index in [2.05, 4.69) is 4.98 Å². The highest BCUT2D eigenvalue weighted by molar-refractivity contribution is 7.13. The van der Waals surface area contributed by atoms with Crippen LogP contribution >= 0.6 is 22.9 Å². The Morgan fingerprint density at radius 2 is 2.06 bits per heavy atom. The summed E-state index contributed by atoms with van der Waals surface area (Å²) in [4.78, 5) is 4.19. The summed E-state index contributed by atoms with van der Waals surface area (Å²) in [7, 11) is 3.11. The van der Waals surface area contributed by atoms with Crippen LogP contribution < -0.4 is 15.2 Å². The highest BCUT2D eigenvalue weighted by atomic mass is 35.5. The van der Waals surface area contributed by atoms with Gasteiger partial charge in [0.2, 0.25) is 0 Å². The number of nitrogen functional groups attached to an aromatic ring is 1. The second-order valence-corrected chi connectivity index (χ2v) is 4.54. The summed E-state index contributed by atoms with van der Waals surface area (Å²) in [5.74, 6) is 1.59. The molecular weight excluding hydrogens is 260 g/mol. The maximum atomic E-state index is 6.11. The molecule has 2 aromatic rings. The minimum atomic E-state index is 0.482. The molecule has 0 aliphatic heterocycles. The van der Waals surface area contributed by atoms with Gasteiger partial charge >= 0.3 is 0 Å². The highest BCUT2D eigenvalue weighted by Gasteiger charge is 2.13. The summed E-state index contributed by atoms with van der Waals surface area (Å²) in [6, 6.07) is 3.60. The molecule has 0 bridgehead atoms. The van der Waals surface area contributed by atoms with Crippen molar-refractivity contribution in [3.05, 3.63) is 22.5 Å². The number of nitrogens with two attached hydrogens (primary N) is 1. The quantitative estimate of drug-likeness (QED) is 0.931. The molecule has 2 rings (SSSR count). The molecular formula is C11H11ClN2O2S. The lowest BCUT2D eigenvalue weighted by Crippen LogP contribution is -1.92. The Hall–Kier alpha value is -1.46. The fraction of sp³-hybridized carbons (Fsp3) is 0.182. The number of hydrogen-bond donors (Lipinski definition) is 1. The molecule has 0 atom stereocenters. The predicted octanol–water partition coefficient (Wildman–Crippen LogP) is 3.06. The van der Waals surface area contributed by atoms with Crippen LogP contribution in [0.15, 0.2) is 17.5 Å². The van der Waals surface area contributed by atoms with E-state index in [0.29, 0.717) is 22.3 Å². The molecule has 90 valence electrons. The fourth-order valence-electron chi connectivity index (χ4n) is 1.46. The standard InChI is InChI=1S/C11H11ClN2O2S/c1-15-8-4-6(3-7(12)10(8)16-2)11-14-9(13)5-17-11/h3-5H,13H2,1-2H3. The summed E-state index contributed by atoms with van der Waals surface area (Å²) in [5.41, 5.74) is 6.45. The first-order chi connectivity index (χ1) is 8.15. The lowest BCUT2D eigenvalue weighted by Gasteiger charge is -2.10. The Labute approximate surface area is 108 Å². The van der Waals surface area contributed by atoms with E-state index in [1.807, 2.05) is 6.07 Å². The first-order valence-electron chi connectivity index (χ1n) is 4.78. The Kier molecular flexibility index (Phi) is 3.40. The monoisotopic (exact) mass is 270 g/mol. The van der Waals surface area contributed by atoms with Gasteiger partial charge < -0.3 is 15.2 Å². The van der Waals surface area contributed by atoms with Gasteiger partial charge in [-0.15, -0.1) is 11.3 Å². The molecule has 0 fully saturated rings. The van der Waals surface area contributed by atoms with Crippen molar-refractivity contribution in [1.29, 1.82) is 0 Å². The van der Waals surface area contributed by atoms with E-state index in [1.165, 1.54) is 11.3 Å². The van der Waals surface area contributed by atoms with Crippen molar-refractivity contribution in [1.82, 2.24) is 4.98 Å². The molecule has 0 spiro atoms. The van der Waals surface area contributed by atoms with Crippen LogP contribution in [0.1, 0.15) is 0 Å². The zero-order valence-electron chi connectivity index (χ0n) is 9.36. The molecule has 0 amide bonds. The summed E-state index contributed by atoms with van der Waals surface area (Å²) in [6.07, 6.45) is 0. The number of benzene rings is 1. The zero-order chi connectivity index (χ0) is 12.4. The van der Waals surface area contributed by atoms with E-state index < -0.39 is 0 Å². The van der Waals surface area contributed by atoms with Crippen LogP contribution in [-0.2, 0) is 0 Å². The maximum absolute atomic E-state index is 6.11. The second kappa shape index (κ2) is 4.81.